The number of piperazine rings is 1. The molecule has 1 aromatic carbocycles. The number of aromatic amines is 1. The van der Waals surface area contributed by atoms with E-state index in [1.165, 1.54) is 6.07 Å². The predicted octanol–water partition coefficient (Wildman–Crippen LogP) is 5.04. The van der Waals surface area contributed by atoms with Gasteiger partial charge in [-0.15, -0.1) is 10.2 Å². The van der Waals surface area contributed by atoms with E-state index in [4.69, 9.17) is 9.40 Å². The largest absolute Gasteiger partial charge is 0.449 e. The second-order valence-electron chi connectivity index (χ2n) is 11.8. The number of hydrogen-bond acceptors (Lipinski definition) is 6. The minimum absolute atomic E-state index is 0.188. The molecule has 1 saturated heterocycles. The van der Waals surface area contributed by atoms with Crippen molar-refractivity contribution >= 4 is 22.9 Å². The molecule has 1 N–H and O–H groups in total. The topological polar surface area (TPSA) is 108 Å². The Bertz CT molecular complexity index is 1600. The number of hydrogen-bond donors (Lipinski definition) is 1. The molecule has 9 nitrogen and oxygen atoms in total. The Hall–Kier alpha value is -4.08. The third-order valence-electron chi connectivity index (χ3n) is 7.19. The molecule has 0 radical (unpaired) electrons. The fraction of sp³-hybridized carbons (Fsp3) is 0.414. The number of carbonyl (C=O) groups excluding carboxylic acids is 2. The highest BCUT2D eigenvalue weighted by molar-refractivity contribution is 5.97. The molecule has 3 aromatic heterocycles. The van der Waals surface area contributed by atoms with Crippen molar-refractivity contribution in [3.05, 3.63) is 64.7 Å². The van der Waals surface area contributed by atoms with Crippen LogP contribution in [0.5, 0.6) is 0 Å². The van der Waals surface area contributed by atoms with Gasteiger partial charge in [-0.25, -0.2) is 9.37 Å². The smallest absolute Gasteiger partial charge is 0.291 e. The lowest BCUT2D eigenvalue weighted by Crippen LogP contribution is -2.62. The Morgan fingerprint density at radius 2 is 1.79 bits per heavy atom. The molecule has 2 amide bonds. The molecule has 0 atom stereocenters. The number of aromatic nitrogens is 4. The molecule has 0 saturated carbocycles. The van der Waals surface area contributed by atoms with E-state index in [0.29, 0.717) is 47.8 Å². The van der Waals surface area contributed by atoms with Gasteiger partial charge < -0.3 is 19.2 Å². The lowest BCUT2D eigenvalue weighted by atomic mass is 9.86. The molecule has 5 rings (SSSR count). The van der Waals surface area contributed by atoms with Crippen LogP contribution in [0.25, 0.3) is 22.4 Å². The van der Waals surface area contributed by atoms with Gasteiger partial charge in [-0.05, 0) is 62.9 Å². The van der Waals surface area contributed by atoms with Gasteiger partial charge in [0.2, 0.25) is 5.82 Å². The highest BCUT2D eigenvalue weighted by atomic mass is 19.1. The molecule has 4 heterocycles. The summed E-state index contributed by atoms with van der Waals surface area (Å²) in [6, 6.07) is 8.54. The van der Waals surface area contributed by atoms with E-state index in [2.05, 4.69) is 36.0 Å². The van der Waals surface area contributed by atoms with Crippen LogP contribution >= 0.6 is 0 Å². The standard InChI is InChI=1S/C29H33FN6O3/c1-16-12-18(8-9-20(16)30)21-13-19(28(3,4)5)24-22(32-21)14-23(39-24)26(37)36-11-10-35(15-29(36,6)7)27(38)25-31-17(2)33-34-25/h8-9,12-14H,10-11,15H2,1-7H3,(H,31,33,34). The number of benzene rings is 1. The van der Waals surface area contributed by atoms with E-state index in [-0.39, 0.29) is 34.6 Å². The number of aryl methyl sites for hydroxylation is 2. The van der Waals surface area contributed by atoms with Gasteiger partial charge in [0.05, 0.1) is 11.2 Å². The van der Waals surface area contributed by atoms with Crippen molar-refractivity contribution in [2.75, 3.05) is 19.6 Å². The van der Waals surface area contributed by atoms with E-state index in [1.807, 2.05) is 19.9 Å². The van der Waals surface area contributed by atoms with Crippen molar-refractivity contribution in [1.29, 1.82) is 0 Å². The maximum Gasteiger partial charge on any atom is 0.291 e. The Balaban J connectivity index is 1.47. The van der Waals surface area contributed by atoms with Gasteiger partial charge >= 0.3 is 0 Å². The van der Waals surface area contributed by atoms with E-state index in [0.717, 1.165) is 11.1 Å². The molecule has 4 aromatic rings. The molecule has 0 aliphatic carbocycles. The van der Waals surface area contributed by atoms with Crippen molar-refractivity contribution in [2.45, 2.75) is 59.4 Å². The molecular formula is C29H33FN6O3. The van der Waals surface area contributed by atoms with Gasteiger partial charge in [0, 0.05) is 36.8 Å². The van der Waals surface area contributed by atoms with Gasteiger partial charge in [0.25, 0.3) is 11.8 Å². The van der Waals surface area contributed by atoms with Crippen molar-refractivity contribution in [3.8, 4) is 11.3 Å². The quantitative estimate of drug-likeness (QED) is 0.396. The third-order valence-corrected chi connectivity index (χ3v) is 7.19. The number of halogens is 1. The van der Waals surface area contributed by atoms with Crippen LogP contribution in [0.4, 0.5) is 4.39 Å². The lowest BCUT2D eigenvalue weighted by Gasteiger charge is -2.46. The summed E-state index contributed by atoms with van der Waals surface area (Å²) in [7, 11) is 0. The number of carbonyl (C=O) groups is 2. The second kappa shape index (κ2) is 9.29. The van der Waals surface area contributed by atoms with Crippen molar-refractivity contribution in [3.63, 3.8) is 0 Å². The minimum atomic E-state index is -0.657. The zero-order valence-corrected chi connectivity index (χ0v) is 23.3. The van der Waals surface area contributed by atoms with E-state index < -0.39 is 5.54 Å². The number of H-pyrrole nitrogens is 1. The van der Waals surface area contributed by atoms with Crippen LogP contribution in [-0.2, 0) is 5.41 Å². The Morgan fingerprint density at radius 1 is 1.05 bits per heavy atom. The van der Waals surface area contributed by atoms with Crippen LogP contribution in [0.1, 0.15) is 72.7 Å². The van der Waals surface area contributed by atoms with Crippen molar-refractivity contribution in [1.82, 2.24) is 30.0 Å². The van der Waals surface area contributed by atoms with E-state index >= 15 is 0 Å². The maximum absolute atomic E-state index is 13.9. The minimum Gasteiger partial charge on any atom is -0.449 e. The molecule has 0 unspecified atom stereocenters. The van der Waals surface area contributed by atoms with Crippen LogP contribution in [-0.4, -0.2) is 67.0 Å². The van der Waals surface area contributed by atoms with E-state index in [9.17, 15) is 14.0 Å². The van der Waals surface area contributed by atoms with Crippen LogP contribution in [0.3, 0.4) is 0 Å². The monoisotopic (exact) mass is 532 g/mol. The molecule has 1 fully saturated rings. The molecule has 39 heavy (non-hydrogen) atoms. The molecule has 0 bridgehead atoms. The summed E-state index contributed by atoms with van der Waals surface area (Å²) in [5.41, 5.74) is 3.08. The predicted molar refractivity (Wildman–Crippen MR) is 145 cm³/mol. The number of rotatable bonds is 3. The van der Waals surface area contributed by atoms with Crippen molar-refractivity contribution < 1.29 is 18.4 Å². The summed E-state index contributed by atoms with van der Waals surface area (Å²) in [6.07, 6.45) is 0. The Morgan fingerprint density at radius 3 is 2.41 bits per heavy atom. The fourth-order valence-electron chi connectivity index (χ4n) is 5.07. The first-order valence-corrected chi connectivity index (χ1v) is 13.0. The Labute approximate surface area is 226 Å². The summed E-state index contributed by atoms with van der Waals surface area (Å²) < 4.78 is 20.1. The summed E-state index contributed by atoms with van der Waals surface area (Å²) in [5.74, 6) is 0.161. The average molecular weight is 533 g/mol. The summed E-state index contributed by atoms with van der Waals surface area (Å²) >= 11 is 0. The van der Waals surface area contributed by atoms with E-state index in [1.54, 1.807) is 41.8 Å². The van der Waals surface area contributed by atoms with Gasteiger partial charge in [-0.1, -0.05) is 20.8 Å². The number of amides is 2. The summed E-state index contributed by atoms with van der Waals surface area (Å²) in [5, 5.41) is 7.79. The van der Waals surface area contributed by atoms with Gasteiger partial charge in [0.15, 0.2) is 11.3 Å². The number of furan rings is 1. The summed E-state index contributed by atoms with van der Waals surface area (Å²) in [6.45, 7) is 14.5. The van der Waals surface area contributed by atoms with Crippen LogP contribution < -0.4 is 0 Å². The first-order valence-electron chi connectivity index (χ1n) is 13.0. The SMILES string of the molecule is Cc1nnc(C(=O)N2CCN(C(=O)c3cc4nc(-c5ccc(F)c(C)c5)cc(C(C)(C)C)c4o3)C(C)(C)C2)[nH]1. The molecule has 1 aliphatic heterocycles. The molecular weight excluding hydrogens is 499 g/mol. The number of nitrogens with zero attached hydrogens (tertiary/aromatic N) is 5. The normalized spacial score (nSPS) is 15.7. The van der Waals surface area contributed by atoms with Gasteiger partial charge in [-0.2, -0.15) is 0 Å². The van der Waals surface area contributed by atoms with Crippen molar-refractivity contribution in [2.24, 2.45) is 0 Å². The van der Waals surface area contributed by atoms with Gasteiger partial charge in [0.1, 0.15) is 17.2 Å². The first kappa shape index (κ1) is 26.5. The lowest BCUT2D eigenvalue weighted by molar-refractivity contribution is 0.0146. The van der Waals surface area contributed by atoms with Crippen LogP contribution in [0, 0.1) is 19.7 Å². The highest BCUT2D eigenvalue weighted by Crippen LogP contribution is 2.36. The highest BCUT2D eigenvalue weighted by Gasteiger charge is 2.40. The maximum atomic E-state index is 13.9. The van der Waals surface area contributed by atoms with Crippen LogP contribution in [0.15, 0.2) is 34.7 Å². The molecule has 1 aliphatic rings. The van der Waals surface area contributed by atoms with Crippen LogP contribution in [0.2, 0.25) is 0 Å². The average Bonchev–Trinajstić information content (AvgIpc) is 3.49. The molecule has 204 valence electrons. The summed E-state index contributed by atoms with van der Waals surface area (Å²) in [4.78, 5) is 37.8. The number of fused-ring (bicyclic) bond motifs is 1. The van der Waals surface area contributed by atoms with Gasteiger partial charge in [-0.3, -0.25) is 9.59 Å². The zero-order chi connectivity index (χ0) is 28.3. The fourth-order valence-corrected chi connectivity index (χ4v) is 5.07. The molecule has 0 spiro atoms. The number of nitrogens with one attached hydrogen (secondary N) is 1. The molecule has 10 heteroatoms. The number of pyridine rings is 1. The third kappa shape index (κ3) is 4.91. The zero-order valence-electron chi connectivity index (χ0n) is 23.3. The second-order valence-corrected chi connectivity index (χ2v) is 11.8. The first-order chi connectivity index (χ1) is 18.2. The Kier molecular flexibility index (Phi) is 6.32.